The van der Waals surface area contributed by atoms with Gasteiger partial charge in [-0.3, -0.25) is 5.32 Å². The first-order valence-electron chi connectivity index (χ1n) is 11.2. The molecule has 0 amide bonds. The Morgan fingerprint density at radius 1 is 0.875 bits per heavy atom. The molecule has 0 aliphatic rings. The van der Waals surface area contributed by atoms with Gasteiger partial charge >= 0.3 is 8.60 Å². The molecule has 3 N–H and O–H groups in total. The predicted octanol–water partition coefficient (Wildman–Crippen LogP) is 5.15. The first-order chi connectivity index (χ1) is 15.3. The molecule has 178 valence electrons. The molecular formula is C25H38NO5P. The fourth-order valence-corrected chi connectivity index (χ4v) is 3.97. The van der Waals surface area contributed by atoms with Crippen molar-refractivity contribution < 1.29 is 23.8 Å². The first kappa shape index (κ1) is 26.9. The monoisotopic (exact) mass is 463 g/mol. The van der Waals surface area contributed by atoms with Gasteiger partial charge in [0.1, 0.15) is 11.8 Å². The predicted molar refractivity (Wildman–Crippen MR) is 129 cm³/mol. The summed E-state index contributed by atoms with van der Waals surface area (Å²) < 4.78 is 17.9. The number of aliphatic hydroxyl groups is 2. The van der Waals surface area contributed by atoms with E-state index in [1.54, 1.807) is 6.92 Å². The molecule has 2 rings (SSSR count). The van der Waals surface area contributed by atoms with Crippen LogP contribution in [-0.2, 0) is 26.8 Å². The number of benzene rings is 2. The fraction of sp³-hybridized carbons (Fsp3) is 0.520. The van der Waals surface area contributed by atoms with E-state index in [2.05, 4.69) is 5.32 Å². The van der Waals surface area contributed by atoms with Gasteiger partial charge in [-0.15, -0.1) is 0 Å². The summed E-state index contributed by atoms with van der Waals surface area (Å²) in [5, 5.41) is 24.4. The minimum atomic E-state index is -1.58. The molecule has 2 aromatic rings. The minimum Gasteiger partial charge on any atom is -0.385 e. The van der Waals surface area contributed by atoms with Gasteiger partial charge in [-0.05, 0) is 42.9 Å². The molecule has 0 aliphatic carbocycles. The van der Waals surface area contributed by atoms with Crippen LogP contribution >= 0.6 is 8.60 Å². The summed E-state index contributed by atoms with van der Waals surface area (Å²) in [5.74, 6) is 0. The van der Waals surface area contributed by atoms with Gasteiger partial charge in [0, 0.05) is 0 Å². The van der Waals surface area contributed by atoms with E-state index in [1.165, 1.54) is 0 Å². The van der Waals surface area contributed by atoms with Crippen molar-refractivity contribution >= 4 is 8.60 Å². The van der Waals surface area contributed by atoms with Crippen molar-refractivity contribution in [2.75, 3.05) is 13.2 Å². The van der Waals surface area contributed by atoms with Crippen LogP contribution in [0.15, 0.2) is 60.7 Å². The Morgan fingerprint density at radius 3 is 1.84 bits per heavy atom. The van der Waals surface area contributed by atoms with E-state index in [9.17, 15) is 10.2 Å². The van der Waals surface area contributed by atoms with Crippen LogP contribution in [-0.4, -0.2) is 35.2 Å². The van der Waals surface area contributed by atoms with Crippen LogP contribution < -0.4 is 5.32 Å². The van der Waals surface area contributed by atoms with Gasteiger partial charge in [-0.1, -0.05) is 81.4 Å². The maximum absolute atomic E-state index is 11.0. The number of hydrogen-bond donors (Lipinski definition) is 3. The van der Waals surface area contributed by atoms with Gasteiger partial charge in [-0.25, -0.2) is 0 Å². The molecule has 7 heteroatoms. The molecular weight excluding hydrogens is 425 g/mol. The van der Waals surface area contributed by atoms with E-state index >= 15 is 0 Å². The standard InChI is InChI=1S/C25H38NO5P/c1-5-17-26-23(27)25(4,28)24(2,3)16-18-29-32(30-19-21-12-8-6-9-13-21)31-20-22-14-10-7-11-15-22/h6-15,23,26-28H,5,16-20H2,1-4H3. The third-order valence-electron chi connectivity index (χ3n) is 5.77. The molecule has 0 saturated carbocycles. The number of nitrogens with one attached hydrogen (secondary N) is 1. The highest BCUT2D eigenvalue weighted by Crippen LogP contribution is 2.44. The summed E-state index contributed by atoms with van der Waals surface area (Å²) >= 11 is 0. The quantitative estimate of drug-likeness (QED) is 0.250. The molecule has 2 aromatic carbocycles. The number of aliphatic hydroxyl groups excluding tert-OH is 1. The molecule has 32 heavy (non-hydrogen) atoms. The molecule has 0 fully saturated rings. The van der Waals surface area contributed by atoms with Crippen molar-refractivity contribution in [3.63, 3.8) is 0 Å². The zero-order chi connectivity index (χ0) is 23.5. The maximum Gasteiger partial charge on any atom is 0.333 e. The normalized spacial score (nSPS) is 15.0. The summed E-state index contributed by atoms with van der Waals surface area (Å²) in [6, 6.07) is 19.8. The van der Waals surface area contributed by atoms with Crippen LogP contribution in [0.5, 0.6) is 0 Å². The van der Waals surface area contributed by atoms with Crippen LogP contribution in [0, 0.1) is 5.41 Å². The Labute approximate surface area is 193 Å². The topological polar surface area (TPSA) is 80.2 Å². The Morgan fingerprint density at radius 2 is 1.38 bits per heavy atom. The average molecular weight is 464 g/mol. The minimum absolute atomic E-state index is 0.332. The van der Waals surface area contributed by atoms with Crippen molar-refractivity contribution in [2.45, 2.75) is 65.6 Å². The van der Waals surface area contributed by atoms with Gasteiger partial charge < -0.3 is 23.8 Å². The van der Waals surface area contributed by atoms with E-state index in [-0.39, 0.29) is 0 Å². The second-order valence-electron chi connectivity index (χ2n) is 8.71. The lowest BCUT2D eigenvalue weighted by molar-refractivity contribution is -0.151. The second-order valence-corrected chi connectivity index (χ2v) is 9.93. The summed E-state index contributed by atoms with van der Waals surface area (Å²) in [6.07, 6.45) is 0.369. The Hall–Kier alpha value is -1.37. The molecule has 0 saturated heterocycles. The Kier molecular flexibility index (Phi) is 11.2. The van der Waals surface area contributed by atoms with E-state index in [0.717, 1.165) is 17.5 Å². The average Bonchev–Trinajstić information content (AvgIpc) is 2.80. The van der Waals surface area contributed by atoms with E-state index < -0.39 is 25.8 Å². The summed E-state index contributed by atoms with van der Waals surface area (Å²) in [7, 11) is -1.58. The number of rotatable bonds is 15. The summed E-state index contributed by atoms with van der Waals surface area (Å²) in [6.45, 7) is 9.26. The first-order valence-corrected chi connectivity index (χ1v) is 12.3. The molecule has 0 bridgehead atoms. The van der Waals surface area contributed by atoms with Crippen molar-refractivity contribution in [1.82, 2.24) is 5.32 Å². The second kappa shape index (κ2) is 13.4. The zero-order valence-corrected chi connectivity index (χ0v) is 20.6. The fourth-order valence-electron chi connectivity index (χ4n) is 2.99. The van der Waals surface area contributed by atoms with Crippen LogP contribution in [0.25, 0.3) is 0 Å². The lowest BCUT2D eigenvalue weighted by Gasteiger charge is -2.43. The van der Waals surface area contributed by atoms with Crippen LogP contribution in [0.4, 0.5) is 0 Å². The molecule has 2 unspecified atom stereocenters. The molecule has 0 heterocycles. The summed E-state index contributed by atoms with van der Waals surface area (Å²) in [4.78, 5) is 0. The molecule has 0 aromatic heterocycles. The molecule has 6 nitrogen and oxygen atoms in total. The van der Waals surface area contributed by atoms with Crippen molar-refractivity contribution in [2.24, 2.45) is 5.41 Å². The SMILES string of the molecule is CCCNC(O)C(C)(O)C(C)(C)CCOP(OCc1ccccc1)OCc1ccccc1. The molecule has 0 aliphatic heterocycles. The van der Waals surface area contributed by atoms with Crippen LogP contribution in [0.3, 0.4) is 0 Å². The smallest absolute Gasteiger partial charge is 0.333 e. The highest BCUT2D eigenvalue weighted by molar-refractivity contribution is 7.41. The molecule has 0 spiro atoms. The van der Waals surface area contributed by atoms with Gasteiger partial charge in [0.2, 0.25) is 0 Å². The van der Waals surface area contributed by atoms with Crippen molar-refractivity contribution in [3.8, 4) is 0 Å². The highest BCUT2D eigenvalue weighted by Gasteiger charge is 2.44. The lowest BCUT2D eigenvalue weighted by atomic mass is 9.72. The van der Waals surface area contributed by atoms with E-state index in [1.807, 2.05) is 81.4 Å². The molecule has 0 radical (unpaired) electrons. The van der Waals surface area contributed by atoms with Gasteiger partial charge in [0.15, 0.2) is 0 Å². The number of hydrogen-bond acceptors (Lipinski definition) is 6. The van der Waals surface area contributed by atoms with Gasteiger partial charge in [0.05, 0.1) is 19.8 Å². The van der Waals surface area contributed by atoms with E-state index in [4.69, 9.17) is 13.6 Å². The zero-order valence-electron chi connectivity index (χ0n) is 19.7. The third-order valence-corrected chi connectivity index (χ3v) is 6.85. The van der Waals surface area contributed by atoms with Crippen LogP contribution in [0.2, 0.25) is 0 Å². The largest absolute Gasteiger partial charge is 0.385 e. The lowest BCUT2D eigenvalue weighted by Crippen LogP contribution is -2.57. The maximum atomic E-state index is 11.0. The Bertz CT molecular complexity index is 714. The third kappa shape index (κ3) is 8.53. The van der Waals surface area contributed by atoms with E-state index in [0.29, 0.717) is 32.8 Å². The van der Waals surface area contributed by atoms with Crippen molar-refractivity contribution in [1.29, 1.82) is 0 Å². The van der Waals surface area contributed by atoms with Crippen molar-refractivity contribution in [3.05, 3.63) is 71.8 Å². The Balaban J connectivity index is 1.93. The highest BCUT2D eigenvalue weighted by atomic mass is 31.2. The summed E-state index contributed by atoms with van der Waals surface area (Å²) in [5.41, 5.74) is 0.150. The molecule has 2 atom stereocenters. The van der Waals surface area contributed by atoms with Gasteiger partial charge in [0.25, 0.3) is 0 Å². The van der Waals surface area contributed by atoms with Gasteiger partial charge in [-0.2, -0.15) is 0 Å². The van der Waals surface area contributed by atoms with Crippen LogP contribution in [0.1, 0.15) is 51.7 Å².